The number of carbonyl (C=O) groups is 1. The molecule has 1 saturated heterocycles. The number of rotatable bonds is 9. The van der Waals surface area contributed by atoms with E-state index in [1.165, 1.54) is 43.0 Å². The number of fused-ring (bicyclic) bond motifs is 1. The number of hydrogen-bond donors (Lipinski definition) is 2. The van der Waals surface area contributed by atoms with Gasteiger partial charge in [-0.15, -0.1) is 0 Å². The normalized spacial score (nSPS) is 14.6. The van der Waals surface area contributed by atoms with E-state index in [0.29, 0.717) is 12.2 Å². The summed E-state index contributed by atoms with van der Waals surface area (Å²) in [6.07, 6.45) is 5.23. The molecule has 1 aliphatic heterocycles. The third-order valence-corrected chi connectivity index (χ3v) is 7.54. The highest BCUT2D eigenvalue weighted by atomic mass is 35.5. The quantitative estimate of drug-likeness (QED) is 0.193. The lowest BCUT2D eigenvalue weighted by atomic mass is 9.90. The van der Waals surface area contributed by atoms with Crippen molar-refractivity contribution in [2.45, 2.75) is 19.3 Å². The van der Waals surface area contributed by atoms with Crippen molar-refractivity contribution in [1.29, 1.82) is 0 Å². The minimum absolute atomic E-state index is 0.0751. The Labute approximate surface area is 233 Å². The molecule has 0 unspecified atom stereocenters. The van der Waals surface area contributed by atoms with Crippen molar-refractivity contribution in [2.75, 3.05) is 26.2 Å². The van der Waals surface area contributed by atoms with E-state index in [4.69, 9.17) is 16.3 Å². The van der Waals surface area contributed by atoms with Crippen LogP contribution in [-0.4, -0.2) is 48.4 Å². The maximum Gasteiger partial charge on any atom is 0.271 e. The van der Waals surface area contributed by atoms with Crippen LogP contribution in [0, 0.1) is 5.92 Å². The number of halogens is 1. The van der Waals surface area contributed by atoms with Gasteiger partial charge in [0.2, 0.25) is 0 Å². The Bertz CT molecular complexity index is 1450. The zero-order valence-electron chi connectivity index (χ0n) is 21.7. The van der Waals surface area contributed by atoms with Gasteiger partial charge in [0.25, 0.3) is 5.91 Å². The number of ether oxygens (including phenoxy) is 1. The van der Waals surface area contributed by atoms with E-state index in [2.05, 4.69) is 45.8 Å². The fraction of sp³-hybridized carbons (Fsp3) is 0.250. The highest BCUT2D eigenvalue weighted by Crippen LogP contribution is 2.28. The first-order chi connectivity index (χ1) is 19.1. The minimum atomic E-state index is -0.415. The van der Waals surface area contributed by atoms with Gasteiger partial charge in [-0.2, -0.15) is 5.10 Å². The fourth-order valence-corrected chi connectivity index (χ4v) is 5.23. The number of benzene rings is 4. The van der Waals surface area contributed by atoms with Crippen LogP contribution in [0.15, 0.2) is 90.0 Å². The number of aromatic hydroxyl groups is 1. The molecule has 0 atom stereocenters. The van der Waals surface area contributed by atoms with Crippen LogP contribution < -0.4 is 10.2 Å². The number of hydrogen-bond acceptors (Lipinski definition) is 5. The number of likely N-dealkylation sites (tertiary alicyclic amines) is 1. The van der Waals surface area contributed by atoms with Crippen molar-refractivity contribution < 1.29 is 14.6 Å². The molecule has 4 aromatic carbocycles. The molecular weight excluding hydrogens is 510 g/mol. The van der Waals surface area contributed by atoms with Crippen LogP contribution in [0.1, 0.15) is 34.3 Å². The van der Waals surface area contributed by atoms with Crippen LogP contribution in [0.4, 0.5) is 0 Å². The molecule has 200 valence electrons. The summed E-state index contributed by atoms with van der Waals surface area (Å²) in [7, 11) is 0. The molecule has 2 N–H and O–H groups in total. The maximum atomic E-state index is 12.4. The van der Waals surface area contributed by atoms with Gasteiger partial charge in [-0.05, 0) is 79.6 Å². The predicted octanol–water partition coefficient (Wildman–Crippen LogP) is 6.30. The first kappa shape index (κ1) is 26.7. The summed E-state index contributed by atoms with van der Waals surface area (Å²) in [5.74, 6) is 1.10. The molecule has 5 rings (SSSR count). The molecule has 0 saturated carbocycles. The lowest BCUT2D eigenvalue weighted by Gasteiger charge is -2.32. The predicted molar refractivity (Wildman–Crippen MR) is 157 cm³/mol. The van der Waals surface area contributed by atoms with Crippen LogP contribution in [-0.2, 0) is 6.42 Å². The van der Waals surface area contributed by atoms with Gasteiger partial charge >= 0.3 is 0 Å². The molecule has 1 fully saturated rings. The van der Waals surface area contributed by atoms with Crippen molar-refractivity contribution >= 4 is 34.5 Å². The molecule has 4 aromatic rings. The summed E-state index contributed by atoms with van der Waals surface area (Å²) in [4.78, 5) is 14.9. The van der Waals surface area contributed by atoms with Crippen molar-refractivity contribution in [3.05, 3.63) is 107 Å². The first-order valence-corrected chi connectivity index (χ1v) is 13.7. The highest BCUT2D eigenvalue weighted by molar-refractivity contribution is 6.32. The van der Waals surface area contributed by atoms with Gasteiger partial charge in [0.15, 0.2) is 0 Å². The van der Waals surface area contributed by atoms with E-state index < -0.39 is 5.91 Å². The molecule has 39 heavy (non-hydrogen) atoms. The summed E-state index contributed by atoms with van der Waals surface area (Å²) in [5.41, 5.74) is 5.12. The van der Waals surface area contributed by atoms with Gasteiger partial charge in [-0.3, -0.25) is 9.69 Å². The summed E-state index contributed by atoms with van der Waals surface area (Å²) in [6, 6.07) is 27.0. The van der Waals surface area contributed by atoms with Gasteiger partial charge in [0, 0.05) is 23.1 Å². The van der Waals surface area contributed by atoms with Crippen LogP contribution >= 0.6 is 11.6 Å². The molecule has 0 radical (unpaired) electrons. The van der Waals surface area contributed by atoms with Crippen molar-refractivity contribution in [1.82, 2.24) is 10.3 Å². The Morgan fingerprint density at radius 1 is 1.00 bits per heavy atom. The molecule has 0 spiro atoms. The SMILES string of the molecule is O=C(NN=Cc1ccc(OCCN2CCC(Cc3ccccc3)CC2)c2ccccc12)c1ccc(O)c(Cl)c1. The lowest BCUT2D eigenvalue weighted by molar-refractivity contribution is 0.0955. The van der Waals surface area contributed by atoms with E-state index >= 15 is 0 Å². The van der Waals surface area contributed by atoms with Gasteiger partial charge in [-0.25, -0.2) is 5.43 Å². The molecule has 1 amide bonds. The van der Waals surface area contributed by atoms with Gasteiger partial charge in [0.05, 0.1) is 11.2 Å². The van der Waals surface area contributed by atoms with E-state index in [1.54, 1.807) is 6.21 Å². The first-order valence-electron chi connectivity index (χ1n) is 13.3. The Balaban J connectivity index is 1.14. The third-order valence-electron chi connectivity index (χ3n) is 7.24. The number of piperidine rings is 1. The monoisotopic (exact) mass is 541 g/mol. The second-order valence-electron chi connectivity index (χ2n) is 9.89. The Kier molecular flexibility index (Phi) is 8.76. The molecular formula is C32H32ClN3O3. The Hall–Kier alpha value is -3.87. The van der Waals surface area contributed by atoms with Crippen LogP contribution in [0.2, 0.25) is 5.02 Å². The van der Waals surface area contributed by atoms with Crippen LogP contribution in [0.3, 0.4) is 0 Å². The van der Waals surface area contributed by atoms with Crippen molar-refractivity contribution in [3.63, 3.8) is 0 Å². The number of carbonyl (C=O) groups excluding carboxylic acids is 1. The van der Waals surface area contributed by atoms with Gasteiger partial charge < -0.3 is 9.84 Å². The lowest BCUT2D eigenvalue weighted by Crippen LogP contribution is -2.37. The van der Waals surface area contributed by atoms with E-state index in [9.17, 15) is 9.90 Å². The van der Waals surface area contributed by atoms with Crippen LogP contribution in [0.25, 0.3) is 10.8 Å². The summed E-state index contributed by atoms with van der Waals surface area (Å²) in [5, 5.41) is 15.8. The largest absolute Gasteiger partial charge is 0.506 e. The van der Waals surface area contributed by atoms with Gasteiger partial charge in [-0.1, -0.05) is 66.2 Å². The average Bonchev–Trinajstić information content (AvgIpc) is 2.97. The summed E-state index contributed by atoms with van der Waals surface area (Å²) < 4.78 is 6.23. The second-order valence-corrected chi connectivity index (χ2v) is 10.3. The standard InChI is InChI=1S/C32H32ClN3O3/c33-29-21-25(10-12-30(29)37)32(38)35-34-22-26-11-13-31(28-9-5-4-8-27(26)28)39-19-18-36-16-14-24(15-17-36)20-23-6-2-1-3-7-23/h1-13,21-22,24,37H,14-20H2,(H,35,38). The smallest absolute Gasteiger partial charge is 0.271 e. The fourth-order valence-electron chi connectivity index (χ4n) is 5.05. The minimum Gasteiger partial charge on any atom is -0.506 e. The molecule has 0 aliphatic carbocycles. The molecule has 6 nitrogen and oxygen atoms in total. The molecule has 7 heteroatoms. The number of phenols is 1. The average molecular weight is 542 g/mol. The molecule has 0 aromatic heterocycles. The Morgan fingerprint density at radius 2 is 1.74 bits per heavy atom. The number of hydrazone groups is 1. The van der Waals surface area contributed by atoms with Crippen molar-refractivity contribution in [2.24, 2.45) is 11.0 Å². The number of nitrogens with one attached hydrogen (secondary N) is 1. The maximum absolute atomic E-state index is 12.4. The molecule has 1 heterocycles. The van der Waals surface area contributed by atoms with E-state index in [1.807, 2.05) is 36.4 Å². The molecule has 1 aliphatic rings. The number of phenolic OH excluding ortho intramolecular Hbond substituents is 1. The number of nitrogens with zero attached hydrogens (tertiary/aromatic N) is 2. The summed E-state index contributed by atoms with van der Waals surface area (Å²) in [6.45, 7) is 3.76. The van der Waals surface area contributed by atoms with Crippen LogP contribution in [0.5, 0.6) is 11.5 Å². The van der Waals surface area contributed by atoms with E-state index in [0.717, 1.165) is 47.6 Å². The number of amides is 1. The highest BCUT2D eigenvalue weighted by Gasteiger charge is 2.19. The Morgan fingerprint density at radius 3 is 2.51 bits per heavy atom. The third kappa shape index (κ3) is 6.96. The second kappa shape index (κ2) is 12.8. The van der Waals surface area contributed by atoms with E-state index in [-0.39, 0.29) is 10.8 Å². The molecule has 0 bridgehead atoms. The topological polar surface area (TPSA) is 74.2 Å². The van der Waals surface area contributed by atoms with Gasteiger partial charge in [0.1, 0.15) is 18.1 Å². The van der Waals surface area contributed by atoms with Crippen molar-refractivity contribution in [3.8, 4) is 11.5 Å². The zero-order valence-corrected chi connectivity index (χ0v) is 22.5. The zero-order chi connectivity index (χ0) is 27.0. The summed E-state index contributed by atoms with van der Waals surface area (Å²) >= 11 is 5.90.